The van der Waals surface area contributed by atoms with E-state index in [9.17, 15) is 13.6 Å². The predicted molar refractivity (Wildman–Crippen MR) is 47.5 cm³/mol. The molecule has 0 aliphatic rings. The van der Waals surface area contributed by atoms with Crippen molar-refractivity contribution >= 4 is 17.5 Å². The summed E-state index contributed by atoms with van der Waals surface area (Å²) in [6.07, 6.45) is 0.897. The quantitative estimate of drug-likeness (QED) is 0.786. The molecule has 0 unspecified atom stereocenters. The van der Waals surface area contributed by atoms with Crippen LogP contribution in [0.1, 0.15) is 10.4 Å². The lowest BCUT2D eigenvalue weighted by atomic mass is 10.2. The standard InChI is InChI=1S/C8H7ClF2N2O/c9-7-6(3-5(11)4-13-7)8(14)12-2-1-10/h3-4H,1-2H2,(H,12,14). The number of alkyl halides is 1. The summed E-state index contributed by atoms with van der Waals surface area (Å²) in [7, 11) is 0. The van der Waals surface area contributed by atoms with Gasteiger partial charge in [0.05, 0.1) is 11.8 Å². The molecule has 14 heavy (non-hydrogen) atoms. The highest BCUT2D eigenvalue weighted by atomic mass is 35.5. The molecule has 6 heteroatoms. The van der Waals surface area contributed by atoms with Gasteiger partial charge in [-0.15, -0.1) is 0 Å². The molecule has 1 heterocycles. The summed E-state index contributed by atoms with van der Waals surface area (Å²) >= 11 is 5.54. The van der Waals surface area contributed by atoms with Crippen molar-refractivity contribution in [3.8, 4) is 0 Å². The van der Waals surface area contributed by atoms with Gasteiger partial charge in [-0.2, -0.15) is 0 Å². The van der Waals surface area contributed by atoms with Crippen molar-refractivity contribution in [2.45, 2.75) is 0 Å². The molecule has 1 amide bonds. The highest BCUT2D eigenvalue weighted by Gasteiger charge is 2.11. The van der Waals surface area contributed by atoms with E-state index < -0.39 is 18.4 Å². The zero-order valence-corrected chi connectivity index (χ0v) is 7.81. The maximum Gasteiger partial charge on any atom is 0.254 e. The van der Waals surface area contributed by atoms with E-state index in [2.05, 4.69) is 10.3 Å². The second-order valence-corrected chi connectivity index (χ2v) is 2.79. The number of halogens is 3. The molecule has 0 aromatic carbocycles. The van der Waals surface area contributed by atoms with Crippen molar-refractivity contribution in [3.63, 3.8) is 0 Å². The van der Waals surface area contributed by atoms with Crippen molar-refractivity contribution in [1.82, 2.24) is 10.3 Å². The van der Waals surface area contributed by atoms with Crippen LogP contribution >= 0.6 is 11.6 Å². The van der Waals surface area contributed by atoms with Crippen LogP contribution in [0.4, 0.5) is 8.78 Å². The largest absolute Gasteiger partial charge is 0.349 e. The van der Waals surface area contributed by atoms with Crippen molar-refractivity contribution in [2.24, 2.45) is 0 Å². The van der Waals surface area contributed by atoms with E-state index in [1.165, 1.54) is 0 Å². The van der Waals surface area contributed by atoms with Crippen molar-refractivity contribution in [1.29, 1.82) is 0 Å². The summed E-state index contributed by atoms with van der Waals surface area (Å²) in [6.45, 7) is -0.822. The Balaban J connectivity index is 2.83. The van der Waals surface area contributed by atoms with Gasteiger partial charge in [-0.05, 0) is 6.07 Å². The Bertz CT molecular complexity index is 346. The first kappa shape index (κ1) is 10.8. The number of carbonyl (C=O) groups is 1. The molecule has 1 N–H and O–H groups in total. The summed E-state index contributed by atoms with van der Waals surface area (Å²) in [4.78, 5) is 14.7. The number of nitrogens with zero attached hydrogens (tertiary/aromatic N) is 1. The third-order valence-corrected chi connectivity index (χ3v) is 1.73. The molecule has 0 radical (unpaired) electrons. The molecule has 0 aliphatic carbocycles. The molecule has 0 fully saturated rings. The van der Waals surface area contributed by atoms with Crippen molar-refractivity contribution in [2.75, 3.05) is 13.2 Å². The van der Waals surface area contributed by atoms with Crippen LogP contribution in [0.25, 0.3) is 0 Å². The molecule has 1 aromatic rings. The van der Waals surface area contributed by atoms with Crippen LogP contribution in [0.3, 0.4) is 0 Å². The van der Waals surface area contributed by atoms with E-state index in [4.69, 9.17) is 11.6 Å². The molecule has 1 aromatic heterocycles. The molecule has 0 saturated heterocycles. The average Bonchev–Trinajstić information content (AvgIpc) is 2.18. The van der Waals surface area contributed by atoms with Crippen LogP contribution < -0.4 is 5.32 Å². The zero-order valence-electron chi connectivity index (χ0n) is 7.06. The van der Waals surface area contributed by atoms with Crippen molar-refractivity contribution in [3.05, 3.63) is 28.8 Å². The normalized spacial score (nSPS) is 9.93. The topological polar surface area (TPSA) is 42.0 Å². The number of hydrogen-bond acceptors (Lipinski definition) is 2. The van der Waals surface area contributed by atoms with E-state index in [1.54, 1.807) is 0 Å². The number of hydrogen-bond donors (Lipinski definition) is 1. The molecule has 3 nitrogen and oxygen atoms in total. The molecule has 0 aliphatic heterocycles. The van der Waals surface area contributed by atoms with E-state index in [0.717, 1.165) is 12.3 Å². The van der Waals surface area contributed by atoms with E-state index in [0.29, 0.717) is 0 Å². The number of aromatic nitrogens is 1. The van der Waals surface area contributed by atoms with Crippen LogP contribution in [0, 0.1) is 5.82 Å². The van der Waals surface area contributed by atoms with Gasteiger partial charge in [0, 0.05) is 6.54 Å². The summed E-state index contributed by atoms with van der Waals surface area (Å²) in [5.74, 6) is -1.31. The van der Waals surface area contributed by atoms with Crippen LogP contribution in [-0.2, 0) is 0 Å². The molecule has 0 atom stereocenters. The molecule has 76 valence electrons. The molecular weight excluding hydrogens is 214 g/mol. The molecule has 0 saturated carbocycles. The van der Waals surface area contributed by atoms with Gasteiger partial charge in [-0.25, -0.2) is 13.8 Å². The van der Waals surface area contributed by atoms with Gasteiger partial charge in [0.2, 0.25) is 0 Å². The van der Waals surface area contributed by atoms with Gasteiger partial charge in [-0.3, -0.25) is 4.79 Å². The molecular formula is C8H7ClF2N2O. The first-order chi connectivity index (χ1) is 6.65. The first-order valence-electron chi connectivity index (χ1n) is 3.80. The van der Waals surface area contributed by atoms with Crippen molar-refractivity contribution < 1.29 is 13.6 Å². The summed E-state index contributed by atoms with van der Waals surface area (Å²) < 4.78 is 24.4. The fourth-order valence-corrected chi connectivity index (χ4v) is 1.03. The first-order valence-corrected chi connectivity index (χ1v) is 4.18. The maximum absolute atomic E-state index is 12.7. The van der Waals surface area contributed by atoms with Gasteiger partial charge in [0.25, 0.3) is 5.91 Å². The minimum atomic E-state index is -0.688. The number of carbonyl (C=O) groups excluding carboxylic acids is 1. The lowest BCUT2D eigenvalue weighted by Crippen LogP contribution is -2.26. The Morgan fingerprint density at radius 1 is 1.64 bits per heavy atom. The highest BCUT2D eigenvalue weighted by Crippen LogP contribution is 2.13. The number of pyridine rings is 1. The Kier molecular flexibility index (Phi) is 3.76. The SMILES string of the molecule is O=C(NCCF)c1cc(F)cnc1Cl. The van der Waals surface area contributed by atoms with E-state index in [1.807, 2.05) is 0 Å². The Labute approximate surface area is 84.1 Å². The van der Waals surface area contributed by atoms with Gasteiger partial charge in [0.1, 0.15) is 17.6 Å². The Hall–Kier alpha value is -1.23. The summed E-state index contributed by atoms with van der Waals surface area (Å²) in [5, 5.41) is 2.10. The minimum Gasteiger partial charge on any atom is -0.349 e. The van der Waals surface area contributed by atoms with E-state index in [-0.39, 0.29) is 17.3 Å². The zero-order chi connectivity index (χ0) is 10.6. The molecule has 1 rings (SSSR count). The highest BCUT2D eigenvalue weighted by molar-refractivity contribution is 6.32. The number of nitrogens with one attached hydrogen (secondary N) is 1. The number of amides is 1. The van der Waals surface area contributed by atoms with Gasteiger partial charge in [-0.1, -0.05) is 11.6 Å². The van der Waals surface area contributed by atoms with Gasteiger partial charge in [0.15, 0.2) is 0 Å². The summed E-state index contributed by atoms with van der Waals surface area (Å²) in [6, 6.07) is 0.947. The number of rotatable bonds is 3. The van der Waals surface area contributed by atoms with Crippen LogP contribution in [0.15, 0.2) is 12.3 Å². The summed E-state index contributed by atoms with van der Waals surface area (Å²) in [5.41, 5.74) is -0.0971. The van der Waals surface area contributed by atoms with Crippen LogP contribution in [-0.4, -0.2) is 24.1 Å². The third kappa shape index (κ3) is 2.63. The second kappa shape index (κ2) is 4.85. The maximum atomic E-state index is 12.7. The molecule has 0 bridgehead atoms. The predicted octanol–water partition coefficient (Wildman–Crippen LogP) is 1.57. The third-order valence-electron chi connectivity index (χ3n) is 1.43. The lowest BCUT2D eigenvalue weighted by molar-refractivity contribution is 0.0950. The van der Waals surface area contributed by atoms with Gasteiger partial charge >= 0.3 is 0 Å². The monoisotopic (exact) mass is 220 g/mol. The van der Waals surface area contributed by atoms with E-state index >= 15 is 0 Å². The molecule has 0 spiro atoms. The Morgan fingerprint density at radius 3 is 3.00 bits per heavy atom. The smallest absolute Gasteiger partial charge is 0.254 e. The second-order valence-electron chi connectivity index (χ2n) is 2.44. The van der Waals surface area contributed by atoms with Crippen LogP contribution in [0.2, 0.25) is 5.15 Å². The fourth-order valence-electron chi connectivity index (χ4n) is 0.838. The average molecular weight is 221 g/mol. The lowest BCUT2D eigenvalue weighted by Gasteiger charge is -2.03. The minimum absolute atomic E-state index is 0.0971. The van der Waals surface area contributed by atoms with Crippen LogP contribution in [0.5, 0.6) is 0 Å². The Morgan fingerprint density at radius 2 is 2.36 bits per heavy atom. The fraction of sp³-hybridized carbons (Fsp3) is 0.250. The van der Waals surface area contributed by atoms with Gasteiger partial charge < -0.3 is 5.32 Å².